The number of ether oxygens (including phenoxy) is 2. The maximum atomic E-state index is 12.9. The number of carbonyl (C=O) groups excluding carboxylic acids is 1. The molecular weight excluding hydrogens is 380 g/mol. The molecule has 4 heterocycles. The number of amides is 1. The lowest BCUT2D eigenvalue weighted by atomic mass is 10.2. The Balaban J connectivity index is 1.45. The Morgan fingerprint density at radius 2 is 2.28 bits per heavy atom. The zero-order valence-corrected chi connectivity index (χ0v) is 16.5. The van der Waals surface area contributed by atoms with Crippen LogP contribution in [0.4, 0.5) is 0 Å². The van der Waals surface area contributed by atoms with Crippen LogP contribution in [-0.4, -0.2) is 79.4 Å². The summed E-state index contributed by atoms with van der Waals surface area (Å²) in [6.07, 6.45) is 1.24. The fourth-order valence-electron chi connectivity index (χ4n) is 3.05. The van der Waals surface area contributed by atoms with Gasteiger partial charge in [0.15, 0.2) is 11.5 Å². The van der Waals surface area contributed by atoms with Gasteiger partial charge in [-0.25, -0.2) is 0 Å². The zero-order chi connectivity index (χ0) is 20.4. The minimum Gasteiger partial charge on any atom is -0.383 e. The summed E-state index contributed by atoms with van der Waals surface area (Å²) in [5.41, 5.74) is 1.96. The normalized spacial score (nSPS) is 17.1. The highest BCUT2D eigenvalue weighted by atomic mass is 16.5. The molecule has 3 aromatic rings. The van der Waals surface area contributed by atoms with Crippen molar-refractivity contribution in [3.05, 3.63) is 29.5 Å². The Kier molecular flexibility index (Phi) is 5.36. The smallest absolute Gasteiger partial charge is 0.276 e. The van der Waals surface area contributed by atoms with Crippen molar-refractivity contribution in [1.82, 2.24) is 40.0 Å². The third kappa shape index (κ3) is 3.89. The van der Waals surface area contributed by atoms with Crippen molar-refractivity contribution in [1.29, 1.82) is 0 Å². The molecule has 1 aliphatic heterocycles. The molecule has 3 aromatic heterocycles. The van der Waals surface area contributed by atoms with Crippen molar-refractivity contribution < 1.29 is 18.8 Å². The van der Waals surface area contributed by atoms with E-state index in [0.717, 1.165) is 11.3 Å². The summed E-state index contributed by atoms with van der Waals surface area (Å²) < 4.78 is 17.9. The maximum absolute atomic E-state index is 12.9. The van der Waals surface area contributed by atoms with Crippen LogP contribution in [0.3, 0.4) is 0 Å². The molecule has 29 heavy (non-hydrogen) atoms. The lowest BCUT2D eigenvalue weighted by Gasteiger charge is -2.30. The van der Waals surface area contributed by atoms with Gasteiger partial charge in [0, 0.05) is 32.5 Å². The second kappa shape index (κ2) is 8.09. The van der Waals surface area contributed by atoms with Crippen molar-refractivity contribution in [3.63, 3.8) is 0 Å². The van der Waals surface area contributed by atoms with Crippen LogP contribution in [0.2, 0.25) is 0 Å². The molecule has 0 N–H and O–H groups in total. The number of morpholine rings is 1. The molecule has 12 nitrogen and oxygen atoms in total. The largest absolute Gasteiger partial charge is 0.383 e. The molecular formula is C17H22N8O4. The highest BCUT2D eigenvalue weighted by molar-refractivity contribution is 5.93. The van der Waals surface area contributed by atoms with E-state index in [2.05, 4.69) is 25.7 Å². The van der Waals surface area contributed by atoms with Crippen LogP contribution in [0.25, 0.3) is 11.3 Å². The molecule has 1 fully saturated rings. The quantitative estimate of drug-likeness (QED) is 0.569. The fourth-order valence-corrected chi connectivity index (χ4v) is 3.05. The van der Waals surface area contributed by atoms with Crippen LogP contribution in [0.1, 0.15) is 28.1 Å². The van der Waals surface area contributed by atoms with Crippen LogP contribution in [0.15, 0.2) is 16.8 Å². The van der Waals surface area contributed by atoms with Gasteiger partial charge in [-0.1, -0.05) is 5.16 Å². The van der Waals surface area contributed by atoms with Crippen molar-refractivity contribution in [3.8, 4) is 11.3 Å². The minimum absolute atomic E-state index is 0.235. The number of hydrogen-bond donors (Lipinski definition) is 0. The second-order valence-corrected chi connectivity index (χ2v) is 6.69. The van der Waals surface area contributed by atoms with Gasteiger partial charge >= 0.3 is 0 Å². The van der Waals surface area contributed by atoms with E-state index in [0.29, 0.717) is 44.4 Å². The molecule has 1 saturated heterocycles. The van der Waals surface area contributed by atoms with E-state index in [1.165, 1.54) is 4.80 Å². The Labute approximate surface area is 166 Å². The number of hydrogen-bond acceptors (Lipinski definition) is 9. The summed E-state index contributed by atoms with van der Waals surface area (Å²) in [6.45, 7) is 4.02. The SMILES string of the molecule is COCCn1nnc(C2CN(C(=O)c3cc(-c4cnn(C)c4C)on3)CCO2)n1. The van der Waals surface area contributed by atoms with E-state index in [-0.39, 0.29) is 11.6 Å². The van der Waals surface area contributed by atoms with Gasteiger partial charge in [-0.05, 0) is 12.1 Å². The summed E-state index contributed by atoms with van der Waals surface area (Å²) in [5, 5.41) is 20.5. The van der Waals surface area contributed by atoms with Crippen LogP contribution in [0, 0.1) is 6.92 Å². The lowest BCUT2D eigenvalue weighted by molar-refractivity contribution is -0.0272. The molecule has 154 valence electrons. The molecule has 1 amide bonds. The van der Waals surface area contributed by atoms with Gasteiger partial charge in [0.1, 0.15) is 6.10 Å². The molecule has 12 heteroatoms. The third-order valence-corrected chi connectivity index (χ3v) is 4.84. The number of tetrazole rings is 1. The first kappa shape index (κ1) is 19.2. The summed E-state index contributed by atoms with van der Waals surface area (Å²) in [6, 6.07) is 1.64. The van der Waals surface area contributed by atoms with E-state index in [4.69, 9.17) is 14.0 Å². The second-order valence-electron chi connectivity index (χ2n) is 6.69. The van der Waals surface area contributed by atoms with E-state index >= 15 is 0 Å². The van der Waals surface area contributed by atoms with Crippen LogP contribution in [-0.2, 0) is 23.1 Å². The van der Waals surface area contributed by atoms with Gasteiger partial charge < -0.3 is 18.9 Å². The van der Waals surface area contributed by atoms with E-state index in [1.807, 2.05) is 14.0 Å². The van der Waals surface area contributed by atoms with Gasteiger partial charge in [-0.15, -0.1) is 10.2 Å². The van der Waals surface area contributed by atoms with Crippen molar-refractivity contribution >= 4 is 5.91 Å². The van der Waals surface area contributed by atoms with Crippen molar-refractivity contribution in [2.75, 3.05) is 33.4 Å². The number of nitrogens with zero attached hydrogens (tertiary/aromatic N) is 8. The Hall–Kier alpha value is -3.12. The first-order chi connectivity index (χ1) is 14.1. The van der Waals surface area contributed by atoms with Gasteiger partial charge in [0.2, 0.25) is 5.82 Å². The average Bonchev–Trinajstić information content (AvgIpc) is 3.47. The monoisotopic (exact) mass is 402 g/mol. The summed E-state index contributed by atoms with van der Waals surface area (Å²) in [5.74, 6) is 0.707. The highest BCUT2D eigenvalue weighted by Gasteiger charge is 2.30. The first-order valence-electron chi connectivity index (χ1n) is 9.20. The molecule has 0 aliphatic carbocycles. The Morgan fingerprint density at radius 3 is 3.03 bits per heavy atom. The number of aromatic nitrogens is 7. The zero-order valence-electron chi connectivity index (χ0n) is 16.5. The number of methoxy groups -OCH3 is 1. The van der Waals surface area contributed by atoms with Crippen LogP contribution < -0.4 is 0 Å². The van der Waals surface area contributed by atoms with Gasteiger partial charge in [0.05, 0.1) is 38.1 Å². The number of rotatable bonds is 6. The van der Waals surface area contributed by atoms with Crippen molar-refractivity contribution in [2.24, 2.45) is 7.05 Å². The molecule has 0 radical (unpaired) electrons. The molecule has 1 atom stereocenters. The summed E-state index contributed by atoms with van der Waals surface area (Å²) in [4.78, 5) is 16.0. The molecule has 1 aliphatic rings. The Morgan fingerprint density at radius 1 is 1.41 bits per heavy atom. The Bertz CT molecular complexity index is 993. The number of aryl methyl sites for hydroxylation is 1. The lowest BCUT2D eigenvalue weighted by Crippen LogP contribution is -2.42. The minimum atomic E-state index is -0.448. The molecule has 0 saturated carbocycles. The van der Waals surface area contributed by atoms with Crippen LogP contribution in [0.5, 0.6) is 0 Å². The van der Waals surface area contributed by atoms with Crippen LogP contribution >= 0.6 is 0 Å². The summed E-state index contributed by atoms with van der Waals surface area (Å²) in [7, 11) is 3.45. The molecule has 4 rings (SSSR count). The van der Waals surface area contributed by atoms with Gasteiger partial charge in [-0.3, -0.25) is 9.48 Å². The standard InChI is InChI=1S/C17H22N8O4/c1-11-12(9-18-23(11)2)14-8-13(21-29-14)17(26)24-4-7-28-15(10-24)16-19-22-25(20-16)5-6-27-3/h8-9,15H,4-7,10H2,1-3H3. The summed E-state index contributed by atoms with van der Waals surface area (Å²) >= 11 is 0. The van der Waals surface area contributed by atoms with Crippen molar-refractivity contribution in [2.45, 2.75) is 19.6 Å². The predicted molar refractivity (Wildman–Crippen MR) is 97.7 cm³/mol. The number of carbonyl (C=O) groups is 1. The predicted octanol–water partition coefficient (Wildman–Crippen LogP) is 0.230. The molecule has 0 bridgehead atoms. The fraction of sp³-hybridized carbons (Fsp3) is 0.529. The maximum Gasteiger partial charge on any atom is 0.276 e. The first-order valence-corrected chi connectivity index (χ1v) is 9.20. The van der Waals surface area contributed by atoms with Gasteiger partial charge in [0.25, 0.3) is 5.91 Å². The molecule has 0 aromatic carbocycles. The van der Waals surface area contributed by atoms with E-state index in [9.17, 15) is 4.79 Å². The highest BCUT2D eigenvalue weighted by Crippen LogP contribution is 2.25. The van der Waals surface area contributed by atoms with Gasteiger partial charge in [-0.2, -0.15) is 9.90 Å². The molecule has 0 spiro atoms. The molecule has 1 unspecified atom stereocenters. The third-order valence-electron chi connectivity index (χ3n) is 4.84. The van der Waals surface area contributed by atoms with E-state index in [1.54, 1.807) is 29.0 Å². The average molecular weight is 402 g/mol. The topological polar surface area (TPSA) is 126 Å². The van der Waals surface area contributed by atoms with E-state index < -0.39 is 6.10 Å².